The Bertz CT molecular complexity index is 336. The molecule has 1 rings (SSSR count). The van der Waals surface area contributed by atoms with Gasteiger partial charge in [0, 0.05) is 13.0 Å². The third-order valence-electron chi connectivity index (χ3n) is 5.29. The summed E-state index contributed by atoms with van der Waals surface area (Å²) in [5.41, 5.74) is 1.66. The van der Waals surface area contributed by atoms with Gasteiger partial charge in [0.2, 0.25) is 5.91 Å². The first-order chi connectivity index (χ1) is 10.3. The summed E-state index contributed by atoms with van der Waals surface area (Å²) >= 11 is 0. The molecule has 1 unspecified atom stereocenters. The molecule has 1 aliphatic rings. The number of nitrogens with zero attached hydrogens (tertiary/aromatic N) is 1. The largest absolute Gasteiger partial charge is 0.414 e. The van der Waals surface area contributed by atoms with E-state index in [1.54, 1.807) is 0 Å². The maximum Gasteiger partial charge on any atom is 0.222 e. The van der Waals surface area contributed by atoms with Gasteiger partial charge in [0.05, 0.1) is 19.3 Å². The highest BCUT2D eigenvalue weighted by atomic mass is 28.4. The van der Waals surface area contributed by atoms with Crippen LogP contribution in [0.5, 0.6) is 0 Å². The molecule has 0 aromatic rings. The maximum absolute atomic E-state index is 12.1. The summed E-state index contributed by atoms with van der Waals surface area (Å²) in [5, 5.41) is 9.48. The molecule has 4 nitrogen and oxygen atoms in total. The Kier molecular flexibility index (Phi) is 7.55. The Morgan fingerprint density at radius 3 is 2.18 bits per heavy atom. The minimum absolute atomic E-state index is 0.0157. The monoisotopic (exact) mass is 329 g/mol. The minimum atomic E-state index is -1.87. The number of aliphatic hydroxyl groups is 1. The van der Waals surface area contributed by atoms with E-state index >= 15 is 0 Å². The highest BCUT2D eigenvalue weighted by molar-refractivity contribution is 6.77. The Morgan fingerprint density at radius 2 is 1.73 bits per heavy atom. The molecule has 0 aliphatic carbocycles. The van der Waals surface area contributed by atoms with Crippen LogP contribution in [-0.4, -0.2) is 50.0 Å². The molecule has 1 N–H and O–H groups in total. The van der Waals surface area contributed by atoms with E-state index in [1.165, 1.54) is 0 Å². The lowest BCUT2D eigenvalue weighted by Crippen LogP contribution is -2.51. The van der Waals surface area contributed by atoms with Crippen molar-refractivity contribution in [3.05, 3.63) is 0 Å². The van der Waals surface area contributed by atoms with Crippen molar-refractivity contribution in [1.29, 1.82) is 0 Å². The van der Waals surface area contributed by atoms with Crippen LogP contribution >= 0.6 is 0 Å². The van der Waals surface area contributed by atoms with Crippen molar-refractivity contribution in [3.8, 4) is 0 Å². The number of amides is 1. The van der Waals surface area contributed by atoms with Gasteiger partial charge in [-0.05, 0) is 29.5 Å². The second-order valence-corrected chi connectivity index (χ2v) is 12.9. The van der Waals surface area contributed by atoms with E-state index in [-0.39, 0.29) is 18.6 Å². The Labute approximate surface area is 137 Å². The van der Waals surface area contributed by atoms with Crippen molar-refractivity contribution in [1.82, 2.24) is 4.90 Å². The van der Waals surface area contributed by atoms with Gasteiger partial charge >= 0.3 is 0 Å². The number of carbonyl (C=O) groups is 1. The van der Waals surface area contributed by atoms with Gasteiger partial charge in [-0.3, -0.25) is 4.79 Å². The second-order valence-electron chi connectivity index (χ2n) is 7.48. The van der Waals surface area contributed by atoms with Gasteiger partial charge in [0.15, 0.2) is 8.32 Å². The second kappa shape index (κ2) is 8.46. The minimum Gasteiger partial charge on any atom is -0.414 e. The normalized spacial score (nSPS) is 20.5. The number of rotatable bonds is 8. The smallest absolute Gasteiger partial charge is 0.222 e. The number of carbonyl (C=O) groups excluding carboxylic acids is 1. The molecule has 0 radical (unpaired) electrons. The fraction of sp³-hybridized carbons (Fsp3) is 0.941. The lowest BCUT2D eigenvalue weighted by atomic mass is 10.0. The first kappa shape index (κ1) is 19.7. The zero-order chi connectivity index (χ0) is 16.9. The van der Waals surface area contributed by atoms with Crippen molar-refractivity contribution in [2.24, 2.45) is 0 Å². The van der Waals surface area contributed by atoms with Gasteiger partial charge in [0.25, 0.3) is 0 Å². The molecule has 0 aromatic carbocycles. The van der Waals surface area contributed by atoms with Crippen LogP contribution in [0, 0.1) is 0 Å². The number of aliphatic hydroxyl groups excluding tert-OH is 1. The lowest BCUT2D eigenvalue weighted by molar-refractivity contribution is -0.138. The number of likely N-dealkylation sites (tertiary alicyclic amines) is 1. The van der Waals surface area contributed by atoms with Crippen molar-refractivity contribution in [2.75, 3.05) is 19.8 Å². The molecule has 0 spiro atoms. The van der Waals surface area contributed by atoms with Gasteiger partial charge in [-0.15, -0.1) is 0 Å². The van der Waals surface area contributed by atoms with Crippen LogP contribution in [0.3, 0.4) is 0 Å². The number of piperidine rings is 1. The molecule has 1 aliphatic heterocycles. The van der Waals surface area contributed by atoms with Gasteiger partial charge in [-0.1, -0.05) is 41.5 Å². The van der Waals surface area contributed by atoms with Crippen molar-refractivity contribution in [3.63, 3.8) is 0 Å². The number of hydrogen-bond donors (Lipinski definition) is 1. The van der Waals surface area contributed by atoms with Crippen LogP contribution < -0.4 is 0 Å². The molecule has 1 saturated heterocycles. The first-order valence-electron chi connectivity index (χ1n) is 8.81. The van der Waals surface area contributed by atoms with E-state index in [9.17, 15) is 9.90 Å². The third kappa shape index (κ3) is 4.12. The fourth-order valence-electron chi connectivity index (χ4n) is 4.31. The standard InChI is InChI=1S/C17H35NO3Si/c1-13(2)22(14(3)4,15(5)6)21-11-10-18-16(12-19)8-7-9-17(18)20/h13-16,19H,7-12H2,1-6H3. The summed E-state index contributed by atoms with van der Waals surface area (Å²) < 4.78 is 6.52. The number of hydrogen-bond acceptors (Lipinski definition) is 3. The van der Waals surface area contributed by atoms with E-state index in [0.717, 1.165) is 12.8 Å². The molecule has 1 atom stereocenters. The van der Waals surface area contributed by atoms with Gasteiger partial charge in [-0.2, -0.15) is 0 Å². The van der Waals surface area contributed by atoms with Crippen LogP contribution in [-0.2, 0) is 9.22 Å². The van der Waals surface area contributed by atoms with E-state index in [2.05, 4.69) is 41.5 Å². The highest BCUT2D eigenvalue weighted by Gasteiger charge is 2.45. The van der Waals surface area contributed by atoms with Gasteiger partial charge in [0.1, 0.15) is 0 Å². The maximum atomic E-state index is 12.1. The summed E-state index contributed by atoms with van der Waals surface area (Å²) in [5.74, 6) is 0.166. The molecule has 22 heavy (non-hydrogen) atoms. The van der Waals surface area contributed by atoms with Gasteiger partial charge in [-0.25, -0.2) is 0 Å². The summed E-state index contributed by atoms with van der Waals surface area (Å²) in [4.78, 5) is 13.9. The lowest BCUT2D eigenvalue weighted by Gasteiger charge is -2.43. The summed E-state index contributed by atoms with van der Waals surface area (Å²) in [6.45, 7) is 14.9. The molecule has 1 amide bonds. The van der Waals surface area contributed by atoms with E-state index in [4.69, 9.17) is 4.43 Å². The van der Waals surface area contributed by atoms with Crippen molar-refractivity contribution >= 4 is 14.2 Å². The molecule has 0 bridgehead atoms. The summed E-state index contributed by atoms with van der Waals surface area (Å²) in [6.07, 6.45) is 2.41. The Balaban J connectivity index is 2.71. The van der Waals surface area contributed by atoms with Crippen LogP contribution in [0.1, 0.15) is 60.8 Å². The summed E-state index contributed by atoms with van der Waals surface area (Å²) in [6, 6.07) is -0.0157. The van der Waals surface area contributed by atoms with Crippen LogP contribution in [0.25, 0.3) is 0 Å². The molecular formula is C17H35NO3Si. The Hall–Kier alpha value is -0.393. The quantitative estimate of drug-likeness (QED) is 0.693. The summed E-state index contributed by atoms with van der Waals surface area (Å²) in [7, 11) is -1.87. The van der Waals surface area contributed by atoms with E-state index < -0.39 is 8.32 Å². The molecule has 5 heteroatoms. The van der Waals surface area contributed by atoms with Crippen LogP contribution in [0.4, 0.5) is 0 Å². The zero-order valence-electron chi connectivity index (χ0n) is 15.3. The topological polar surface area (TPSA) is 49.8 Å². The molecule has 1 fully saturated rings. The third-order valence-corrected chi connectivity index (χ3v) is 11.4. The molecule has 0 saturated carbocycles. The van der Waals surface area contributed by atoms with Crippen LogP contribution in [0.15, 0.2) is 0 Å². The van der Waals surface area contributed by atoms with Crippen molar-refractivity contribution < 1.29 is 14.3 Å². The molecule has 1 heterocycles. The van der Waals surface area contributed by atoms with Gasteiger partial charge < -0.3 is 14.4 Å². The van der Waals surface area contributed by atoms with Crippen molar-refractivity contribution in [2.45, 2.75) is 83.5 Å². The fourth-order valence-corrected chi connectivity index (χ4v) is 9.75. The molecule has 130 valence electrons. The molecular weight excluding hydrogens is 294 g/mol. The van der Waals surface area contributed by atoms with E-state index in [0.29, 0.717) is 36.2 Å². The average Bonchev–Trinajstić information content (AvgIpc) is 2.43. The highest BCUT2D eigenvalue weighted by Crippen LogP contribution is 2.42. The average molecular weight is 330 g/mol. The Morgan fingerprint density at radius 1 is 1.18 bits per heavy atom. The SMILES string of the molecule is CC(C)[Si](OCCN1C(=O)CCCC1CO)(C(C)C)C(C)C. The zero-order valence-corrected chi connectivity index (χ0v) is 16.3. The predicted molar refractivity (Wildman–Crippen MR) is 93.4 cm³/mol. The predicted octanol–water partition coefficient (Wildman–Crippen LogP) is 3.55. The first-order valence-corrected chi connectivity index (χ1v) is 11.0. The van der Waals surface area contributed by atoms with E-state index in [1.807, 2.05) is 4.90 Å². The molecule has 0 aromatic heterocycles. The van der Waals surface area contributed by atoms with Crippen LogP contribution in [0.2, 0.25) is 16.6 Å².